The van der Waals surface area contributed by atoms with Crippen molar-refractivity contribution in [3.63, 3.8) is 0 Å². The molecule has 1 aromatic carbocycles. The highest BCUT2D eigenvalue weighted by molar-refractivity contribution is 5.93. The van der Waals surface area contributed by atoms with Crippen LogP contribution in [0.4, 0.5) is 0 Å². The fraction of sp³-hybridized carbons (Fsp3) is 0.375. The molecule has 0 aliphatic carbocycles. The van der Waals surface area contributed by atoms with Crippen molar-refractivity contribution in [2.24, 2.45) is 5.92 Å². The normalized spacial score (nSPS) is 18.8. The molecule has 1 saturated heterocycles. The summed E-state index contributed by atoms with van der Waals surface area (Å²) in [7, 11) is 0. The fourth-order valence-electron chi connectivity index (χ4n) is 2.69. The number of hydrogen-bond donors (Lipinski definition) is 2. The molecule has 8 nitrogen and oxygen atoms in total. The monoisotopic (exact) mass is 330 g/mol. The first kappa shape index (κ1) is 16.1. The van der Waals surface area contributed by atoms with Crippen LogP contribution in [-0.4, -0.2) is 51.0 Å². The second-order valence-electron chi connectivity index (χ2n) is 5.61. The topological polar surface area (TPSA) is 106 Å². The highest BCUT2D eigenvalue weighted by Gasteiger charge is 2.32. The van der Waals surface area contributed by atoms with Crippen molar-refractivity contribution >= 4 is 11.9 Å². The Morgan fingerprint density at radius 2 is 2.12 bits per heavy atom. The molecule has 1 aromatic heterocycles. The lowest BCUT2D eigenvalue weighted by molar-refractivity contribution is -0.142. The first-order chi connectivity index (χ1) is 11.6. The molecule has 2 heterocycles. The number of ether oxygens (including phenoxy) is 1. The van der Waals surface area contributed by atoms with E-state index in [1.807, 2.05) is 30.3 Å². The molecule has 3 rings (SSSR count). The Bertz CT molecular complexity index is 710. The number of amides is 1. The van der Waals surface area contributed by atoms with Crippen LogP contribution in [0, 0.1) is 5.92 Å². The summed E-state index contributed by atoms with van der Waals surface area (Å²) in [4.78, 5) is 27.7. The first-order valence-corrected chi connectivity index (χ1v) is 7.73. The third kappa shape index (κ3) is 3.60. The molecule has 0 saturated carbocycles. The fourth-order valence-corrected chi connectivity index (χ4v) is 2.69. The van der Waals surface area contributed by atoms with Gasteiger partial charge in [-0.15, -0.1) is 5.10 Å². The van der Waals surface area contributed by atoms with Crippen molar-refractivity contribution in [2.75, 3.05) is 13.2 Å². The van der Waals surface area contributed by atoms with E-state index >= 15 is 0 Å². The highest BCUT2D eigenvalue weighted by Crippen LogP contribution is 2.18. The van der Waals surface area contributed by atoms with Gasteiger partial charge < -0.3 is 15.2 Å². The molecular formula is C16H18N4O4. The highest BCUT2D eigenvalue weighted by atomic mass is 16.5. The third-order valence-corrected chi connectivity index (χ3v) is 3.94. The second-order valence-corrected chi connectivity index (χ2v) is 5.61. The van der Waals surface area contributed by atoms with Crippen molar-refractivity contribution in [3.8, 4) is 5.69 Å². The number of carboxylic acid groups (broad SMARTS) is 1. The lowest BCUT2D eigenvalue weighted by Crippen LogP contribution is -2.48. The molecule has 0 unspecified atom stereocenters. The Kier molecular flexibility index (Phi) is 4.85. The molecule has 1 aliphatic rings. The van der Waals surface area contributed by atoms with Crippen LogP contribution >= 0.6 is 0 Å². The quantitative estimate of drug-likeness (QED) is 0.843. The van der Waals surface area contributed by atoms with E-state index in [9.17, 15) is 14.7 Å². The predicted octanol–water partition coefficient (Wildman–Crippen LogP) is 0.877. The number of para-hydroxylation sites is 1. The number of nitrogens with zero attached hydrogens (tertiary/aromatic N) is 3. The Morgan fingerprint density at radius 1 is 1.33 bits per heavy atom. The van der Waals surface area contributed by atoms with Gasteiger partial charge in [-0.05, 0) is 25.0 Å². The van der Waals surface area contributed by atoms with Gasteiger partial charge in [-0.1, -0.05) is 18.2 Å². The maximum absolute atomic E-state index is 12.3. The van der Waals surface area contributed by atoms with Crippen LogP contribution in [0.2, 0.25) is 0 Å². The summed E-state index contributed by atoms with van der Waals surface area (Å²) in [6, 6.07) is 8.21. The smallest absolute Gasteiger partial charge is 0.326 e. The molecule has 0 spiro atoms. The van der Waals surface area contributed by atoms with E-state index in [0.717, 1.165) is 12.1 Å². The van der Waals surface area contributed by atoms with Gasteiger partial charge in [0.1, 0.15) is 12.4 Å². The number of aliphatic carboxylic acids is 1. The van der Waals surface area contributed by atoms with Crippen LogP contribution in [0.5, 0.6) is 0 Å². The zero-order valence-corrected chi connectivity index (χ0v) is 13.0. The van der Waals surface area contributed by atoms with Crippen molar-refractivity contribution in [1.82, 2.24) is 20.1 Å². The predicted molar refractivity (Wildman–Crippen MR) is 83.8 cm³/mol. The lowest BCUT2D eigenvalue weighted by Gasteiger charge is -2.27. The molecule has 2 aromatic rings. The molecule has 24 heavy (non-hydrogen) atoms. The molecule has 1 amide bonds. The minimum absolute atomic E-state index is 0.0677. The van der Waals surface area contributed by atoms with E-state index in [1.165, 1.54) is 11.0 Å². The minimum Gasteiger partial charge on any atom is -0.480 e. The third-order valence-electron chi connectivity index (χ3n) is 3.94. The first-order valence-electron chi connectivity index (χ1n) is 7.73. The molecule has 0 radical (unpaired) electrons. The van der Waals surface area contributed by atoms with Crippen LogP contribution in [0.3, 0.4) is 0 Å². The Balaban J connectivity index is 1.71. The maximum Gasteiger partial charge on any atom is 0.326 e. The number of aromatic nitrogens is 3. The molecule has 2 atom stereocenters. The van der Waals surface area contributed by atoms with Gasteiger partial charge in [-0.3, -0.25) is 4.79 Å². The van der Waals surface area contributed by atoms with Crippen molar-refractivity contribution in [2.45, 2.75) is 18.9 Å². The number of benzene rings is 1. The van der Waals surface area contributed by atoms with Crippen molar-refractivity contribution in [1.29, 1.82) is 0 Å². The van der Waals surface area contributed by atoms with E-state index in [2.05, 4.69) is 15.4 Å². The van der Waals surface area contributed by atoms with Crippen LogP contribution in [-0.2, 0) is 9.53 Å². The van der Waals surface area contributed by atoms with Gasteiger partial charge in [-0.2, -0.15) is 0 Å². The summed E-state index contributed by atoms with van der Waals surface area (Å²) < 4.78 is 6.78. The van der Waals surface area contributed by atoms with E-state index < -0.39 is 17.9 Å². The number of hydrogen-bond acceptors (Lipinski definition) is 5. The Hall–Kier alpha value is -2.74. The molecule has 2 N–H and O–H groups in total. The van der Waals surface area contributed by atoms with Crippen molar-refractivity contribution in [3.05, 3.63) is 42.5 Å². The van der Waals surface area contributed by atoms with Gasteiger partial charge in [0.05, 0.1) is 12.3 Å². The lowest BCUT2D eigenvalue weighted by atomic mass is 9.93. The average molecular weight is 330 g/mol. The zero-order valence-electron chi connectivity index (χ0n) is 13.0. The van der Waals surface area contributed by atoms with Gasteiger partial charge in [0.2, 0.25) is 5.82 Å². The van der Waals surface area contributed by atoms with Gasteiger partial charge in [-0.25, -0.2) is 14.5 Å². The molecule has 1 fully saturated rings. The van der Waals surface area contributed by atoms with E-state index in [1.54, 1.807) is 0 Å². The Morgan fingerprint density at radius 3 is 2.79 bits per heavy atom. The number of carboxylic acids is 1. The van der Waals surface area contributed by atoms with Gasteiger partial charge >= 0.3 is 5.97 Å². The summed E-state index contributed by atoms with van der Waals surface area (Å²) in [6.07, 6.45) is 2.90. The average Bonchev–Trinajstić information content (AvgIpc) is 3.11. The largest absolute Gasteiger partial charge is 0.480 e. The van der Waals surface area contributed by atoms with Crippen molar-refractivity contribution < 1.29 is 19.4 Å². The number of nitrogens with one attached hydrogen (secondary N) is 1. The SMILES string of the molecule is O=C(N[C@H](C(=O)O)[C@H]1CCCOC1)c1ncn(-c2ccccc2)n1. The molecule has 0 bridgehead atoms. The standard InChI is InChI=1S/C16H18N4O4/c21-15(18-13(16(22)23)11-5-4-8-24-9-11)14-17-10-20(19-14)12-6-2-1-3-7-12/h1-3,6-7,10-11,13H,4-5,8-9H2,(H,18,21)(H,22,23)/t11-,13-/m0/s1. The molecule has 1 aliphatic heterocycles. The van der Waals surface area contributed by atoms with Crippen LogP contribution < -0.4 is 5.32 Å². The molecule has 126 valence electrons. The summed E-state index contributed by atoms with van der Waals surface area (Å²) in [6.45, 7) is 0.947. The maximum atomic E-state index is 12.3. The van der Waals surface area contributed by atoms with Crippen LogP contribution in [0.1, 0.15) is 23.5 Å². The van der Waals surface area contributed by atoms with E-state index in [0.29, 0.717) is 19.6 Å². The van der Waals surface area contributed by atoms with Crippen LogP contribution in [0.25, 0.3) is 5.69 Å². The van der Waals surface area contributed by atoms with Gasteiger partial charge in [0, 0.05) is 12.5 Å². The van der Waals surface area contributed by atoms with Gasteiger partial charge in [0.25, 0.3) is 5.91 Å². The molecule has 8 heteroatoms. The summed E-state index contributed by atoms with van der Waals surface area (Å²) in [5.74, 6) is -2.01. The summed E-state index contributed by atoms with van der Waals surface area (Å²) in [5.41, 5.74) is 0.763. The van der Waals surface area contributed by atoms with Crippen LogP contribution in [0.15, 0.2) is 36.7 Å². The molecular weight excluding hydrogens is 312 g/mol. The minimum atomic E-state index is -1.08. The zero-order chi connectivity index (χ0) is 16.9. The summed E-state index contributed by atoms with van der Waals surface area (Å²) in [5, 5.41) is 16.0. The number of carbonyl (C=O) groups excluding carboxylic acids is 1. The second kappa shape index (κ2) is 7.22. The number of carbonyl (C=O) groups is 2. The van der Waals surface area contributed by atoms with E-state index in [4.69, 9.17) is 4.74 Å². The number of rotatable bonds is 5. The van der Waals surface area contributed by atoms with Gasteiger partial charge in [0.15, 0.2) is 0 Å². The summed E-state index contributed by atoms with van der Waals surface area (Å²) >= 11 is 0. The van der Waals surface area contributed by atoms with E-state index in [-0.39, 0.29) is 11.7 Å². The Labute approximate surface area is 138 Å².